The van der Waals surface area contributed by atoms with Gasteiger partial charge in [0.15, 0.2) is 0 Å². The molecule has 0 aromatic carbocycles. The Labute approximate surface area is 527 Å². The molecule has 6 heteroatoms. The molecule has 84 heavy (non-hydrogen) atoms. The van der Waals surface area contributed by atoms with E-state index in [0.29, 0.717) is 25.9 Å². The Morgan fingerprint density at radius 2 is 0.571 bits per heavy atom. The minimum absolute atomic E-state index is 0.0111. The maximum atomic E-state index is 12.6. The Morgan fingerprint density at radius 3 is 0.881 bits per heavy atom. The number of carbonyl (C=O) groups excluding carboxylic acids is 2. The van der Waals surface area contributed by atoms with Crippen LogP contribution in [0.4, 0.5) is 0 Å². The molecule has 2 unspecified atom stereocenters. The van der Waals surface area contributed by atoms with Crippen LogP contribution in [0.15, 0.2) is 12.2 Å². The van der Waals surface area contributed by atoms with Gasteiger partial charge < -0.3 is 20.3 Å². The molecule has 0 rings (SSSR count). The number of ether oxygens (including phenoxy) is 1. The summed E-state index contributed by atoms with van der Waals surface area (Å²) in [6.45, 7) is 4.97. The number of nitrogens with one attached hydrogen (secondary N) is 1. The summed E-state index contributed by atoms with van der Waals surface area (Å²) in [6.07, 6.45) is 93.0. The fourth-order valence-corrected chi connectivity index (χ4v) is 12.6. The molecule has 0 spiro atoms. The molecule has 6 nitrogen and oxygen atoms in total. The van der Waals surface area contributed by atoms with Crippen molar-refractivity contribution in [2.75, 3.05) is 13.2 Å². The smallest absolute Gasteiger partial charge is 0.305 e. The molecule has 0 saturated heterocycles. The van der Waals surface area contributed by atoms with Gasteiger partial charge in [0.05, 0.1) is 25.4 Å². The summed E-state index contributed by atoms with van der Waals surface area (Å²) < 4.78 is 5.47. The molecule has 2 atom stereocenters. The van der Waals surface area contributed by atoms with Crippen LogP contribution in [0.5, 0.6) is 0 Å². The summed E-state index contributed by atoms with van der Waals surface area (Å²) in [4.78, 5) is 24.6. The lowest BCUT2D eigenvalue weighted by atomic mass is 10.0. The topological polar surface area (TPSA) is 95.9 Å². The summed E-state index contributed by atoms with van der Waals surface area (Å²) in [6, 6.07) is -0.539. The van der Waals surface area contributed by atoms with Crippen LogP contribution in [-0.2, 0) is 14.3 Å². The van der Waals surface area contributed by atoms with Crippen molar-refractivity contribution >= 4 is 11.9 Å². The number of aliphatic hydroxyl groups is 2. The van der Waals surface area contributed by atoms with Crippen LogP contribution in [0, 0.1) is 0 Å². The first-order chi connectivity index (χ1) is 41.5. The monoisotopic (exact) mass is 1180 g/mol. The van der Waals surface area contributed by atoms with Gasteiger partial charge in [-0.1, -0.05) is 405 Å². The van der Waals surface area contributed by atoms with Gasteiger partial charge in [0.2, 0.25) is 5.91 Å². The maximum absolute atomic E-state index is 12.6. The number of allylic oxidation sites excluding steroid dienone is 2. The van der Waals surface area contributed by atoms with E-state index in [0.717, 1.165) is 44.9 Å². The molecule has 0 aromatic heterocycles. The van der Waals surface area contributed by atoms with Gasteiger partial charge in [-0.3, -0.25) is 9.59 Å². The average Bonchev–Trinajstić information content (AvgIpc) is 3.51. The Bertz CT molecular complexity index is 1270. The lowest BCUT2D eigenvalue weighted by Crippen LogP contribution is -2.45. The lowest BCUT2D eigenvalue weighted by molar-refractivity contribution is -0.143. The van der Waals surface area contributed by atoms with E-state index in [1.165, 1.54) is 372 Å². The second-order valence-corrected chi connectivity index (χ2v) is 27.0. The highest BCUT2D eigenvalue weighted by Gasteiger charge is 2.20. The Morgan fingerprint density at radius 1 is 0.321 bits per heavy atom. The predicted octanol–water partition coefficient (Wildman–Crippen LogP) is 25.5. The van der Waals surface area contributed by atoms with E-state index >= 15 is 0 Å². The van der Waals surface area contributed by atoms with Crippen molar-refractivity contribution in [1.29, 1.82) is 0 Å². The van der Waals surface area contributed by atoms with Crippen LogP contribution in [0.1, 0.15) is 450 Å². The highest BCUT2D eigenvalue weighted by Crippen LogP contribution is 2.20. The SMILES string of the molecule is CCCC/C=C\CCCCCCCC(=O)OCCCCCCCCCCCCCCCCCCCCCCCCCCCCCCCCCCC(=O)NC(CO)C(O)CCCCCCCCCCCCCCCCCCCCCCCCCC. The zero-order valence-electron chi connectivity index (χ0n) is 57.4. The third-order valence-electron chi connectivity index (χ3n) is 18.6. The van der Waals surface area contributed by atoms with Gasteiger partial charge in [-0.2, -0.15) is 0 Å². The largest absolute Gasteiger partial charge is 0.466 e. The summed E-state index contributed by atoms with van der Waals surface area (Å²) in [5, 5.41) is 23.5. The maximum Gasteiger partial charge on any atom is 0.305 e. The predicted molar refractivity (Wildman–Crippen MR) is 370 cm³/mol. The quantitative estimate of drug-likeness (QED) is 0.0320. The van der Waals surface area contributed by atoms with Crippen LogP contribution >= 0.6 is 0 Å². The van der Waals surface area contributed by atoms with Crippen molar-refractivity contribution in [1.82, 2.24) is 5.32 Å². The second-order valence-electron chi connectivity index (χ2n) is 27.0. The number of amides is 1. The fourth-order valence-electron chi connectivity index (χ4n) is 12.6. The number of hydrogen-bond acceptors (Lipinski definition) is 5. The summed E-state index contributed by atoms with van der Waals surface area (Å²) in [7, 11) is 0. The number of rotatable bonds is 74. The van der Waals surface area contributed by atoms with Gasteiger partial charge >= 0.3 is 5.97 Å². The highest BCUT2D eigenvalue weighted by molar-refractivity contribution is 5.76. The molecule has 0 aliphatic rings. The molecule has 0 saturated carbocycles. The van der Waals surface area contributed by atoms with Gasteiger partial charge in [-0.05, 0) is 44.9 Å². The van der Waals surface area contributed by atoms with Crippen molar-refractivity contribution < 1.29 is 24.5 Å². The molecule has 0 fully saturated rings. The summed E-state index contributed by atoms with van der Waals surface area (Å²) in [5.74, 6) is -0.0132. The van der Waals surface area contributed by atoms with Crippen LogP contribution in [0.25, 0.3) is 0 Å². The molecule has 0 radical (unpaired) electrons. The summed E-state index contributed by atoms with van der Waals surface area (Å²) in [5.41, 5.74) is 0. The second kappa shape index (κ2) is 74.1. The van der Waals surface area contributed by atoms with Gasteiger partial charge in [-0.25, -0.2) is 0 Å². The molecule has 0 aromatic rings. The molecule has 1 amide bonds. The molecule has 3 N–H and O–H groups in total. The number of hydrogen-bond donors (Lipinski definition) is 3. The van der Waals surface area contributed by atoms with Crippen molar-refractivity contribution in [3.8, 4) is 0 Å². The minimum Gasteiger partial charge on any atom is -0.466 e. The molecule has 500 valence electrons. The van der Waals surface area contributed by atoms with E-state index in [2.05, 4.69) is 31.3 Å². The zero-order chi connectivity index (χ0) is 60.6. The first-order valence-corrected chi connectivity index (χ1v) is 38.9. The van der Waals surface area contributed by atoms with Gasteiger partial charge in [0.25, 0.3) is 0 Å². The molecular formula is C78H153NO5. The standard InChI is InChI=1S/C78H153NO5/c1-3-5-7-9-11-13-15-16-17-18-19-20-21-32-35-38-41-44-47-51-54-58-62-66-70-76(81)75(74-80)79-77(82)71-67-63-59-55-52-48-45-42-39-36-33-30-28-26-24-22-23-25-27-29-31-34-37-40-43-46-49-53-57-61-65-69-73-84-78(83)72-68-64-60-56-50-14-12-10-8-6-4-2/h10,12,75-76,80-81H,3-9,11,13-74H2,1-2H3,(H,79,82)/b12-10-. The third-order valence-corrected chi connectivity index (χ3v) is 18.6. The van der Waals surface area contributed by atoms with E-state index in [-0.39, 0.29) is 18.5 Å². The first kappa shape index (κ1) is 82.6. The first-order valence-electron chi connectivity index (χ1n) is 38.9. The Balaban J connectivity index is 3.33. The van der Waals surface area contributed by atoms with Crippen molar-refractivity contribution in [3.05, 3.63) is 12.2 Å². The molecule has 0 aliphatic carbocycles. The zero-order valence-corrected chi connectivity index (χ0v) is 57.4. The van der Waals surface area contributed by atoms with Gasteiger partial charge in [0, 0.05) is 12.8 Å². The number of aliphatic hydroxyl groups excluding tert-OH is 2. The molecule has 0 bridgehead atoms. The number of esters is 1. The number of unbranched alkanes of at least 4 members (excludes halogenated alkanes) is 61. The van der Waals surface area contributed by atoms with Crippen LogP contribution < -0.4 is 5.32 Å². The van der Waals surface area contributed by atoms with Crippen molar-refractivity contribution in [3.63, 3.8) is 0 Å². The fraction of sp³-hybridized carbons (Fsp3) is 0.949. The highest BCUT2D eigenvalue weighted by atomic mass is 16.5. The van der Waals surface area contributed by atoms with Crippen LogP contribution in [0.3, 0.4) is 0 Å². The summed E-state index contributed by atoms with van der Waals surface area (Å²) >= 11 is 0. The Kier molecular flexibility index (Phi) is 72.8. The third kappa shape index (κ3) is 69.7. The van der Waals surface area contributed by atoms with Crippen LogP contribution in [0.2, 0.25) is 0 Å². The van der Waals surface area contributed by atoms with Gasteiger partial charge in [-0.15, -0.1) is 0 Å². The van der Waals surface area contributed by atoms with E-state index in [9.17, 15) is 19.8 Å². The van der Waals surface area contributed by atoms with Crippen LogP contribution in [-0.4, -0.2) is 47.4 Å². The van der Waals surface area contributed by atoms with E-state index in [1.807, 2.05) is 0 Å². The van der Waals surface area contributed by atoms with E-state index in [4.69, 9.17) is 4.74 Å². The molecule has 0 aliphatic heterocycles. The normalized spacial score (nSPS) is 12.5. The molecular weight excluding hydrogens is 1030 g/mol. The van der Waals surface area contributed by atoms with E-state index < -0.39 is 12.1 Å². The average molecular weight is 1190 g/mol. The van der Waals surface area contributed by atoms with Crippen molar-refractivity contribution in [2.45, 2.75) is 463 Å². The van der Waals surface area contributed by atoms with Gasteiger partial charge in [0.1, 0.15) is 0 Å². The molecule has 0 heterocycles. The minimum atomic E-state index is -0.662. The number of carbonyl (C=O) groups is 2. The lowest BCUT2D eigenvalue weighted by Gasteiger charge is -2.22. The van der Waals surface area contributed by atoms with E-state index in [1.54, 1.807) is 0 Å². The Hall–Kier alpha value is -1.40. The van der Waals surface area contributed by atoms with Crippen molar-refractivity contribution in [2.24, 2.45) is 0 Å².